The number of carboxylic acid groups (broad SMARTS) is 1. The van der Waals surface area contributed by atoms with E-state index in [4.69, 9.17) is 0 Å². The van der Waals surface area contributed by atoms with E-state index >= 15 is 0 Å². The largest absolute Gasteiger partial charge is 0.481 e. The summed E-state index contributed by atoms with van der Waals surface area (Å²) in [6.45, 7) is 4.10. The van der Waals surface area contributed by atoms with Crippen LogP contribution in [0, 0.1) is 5.92 Å². The van der Waals surface area contributed by atoms with Gasteiger partial charge in [0.25, 0.3) is 0 Å². The average molecular weight is 269 g/mol. The van der Waals surface area contributed by atoms with Crippen molar-refractivity contribution in [3.8, 4) is 0 Å². The molecule has 2 N–H and O–H groups in total. The number of carbonyl (C=O) groups is 1. The number of nitrogens with one attached hydrogen (secondary N) is 1. The second kappa shape index (κ2) is 5.65. The van der Waals surface area contributed by atoms with Crippen LogP contribution in [0.4, 0.5) is 5.13 Å². The average Bonchev–Trinajstić information content (AvgIpc) is 2.78. The molecule has 2 atom stereocenters. The topological polar surface area (TPSA) is 75.1 Å². The molecule has 0 radical (unpaired) electrons. The molecule has 6 heteroatoms. The van der Waals surface area contributed by atoms with Crippen molar-refractivity contribution in [2.75, 3.05) is 5.32 Å². The molecular weight excluding hydrogens is 250 g/mol. The van der Waals surface area contributed by atoms with E-state index in [1.807, 2.05) is 13.8 Å². The van der Waals surface area contributed by atoms with Crippen molar-refractivity contribution in [1.82, 2.24) is 9.36 Å². The van der Waals surface area contributed by atoms with Crippen LogP contribution in [0.15, 0.2) is 0 Å². The molecule has 2 unspecified atom stereocenters. The van der Waals surface area contributed by atoms with Crippen LogP contribution < -0.4 is 5.32 Å². The third-order valence-corrected chi connectivity index (χ3v) is 4.01. The van der Waals surface area contributed by atoms with Gasteiger partial charge in [0.15, 0.2) is 0 Å². The first-order chi connectivity index (χ1) is 8.58. The number of nitrogens with zero attached hydrogens (tertiary/aromatic N) is 2. The molecule has 0 amide bonds. The number of aromatic nitrogens is 2. The Labute approximate surface area is 111 Å². The van der Waals surface area contributed by atoms with Crippen molar-refractivity contribution >= 4 is 22.6 Å². The third-order valence-electron chi connectivity index (χ3n) is 3.35. The van der Waals surface area contributed by atoms with Gasteiger partial charge in [0.2, 0.25) is 5.13 Å². The van der Waals surface area contributed by atoms with Crippen molar-refractivity contribution in [2.24, 2.45) is 5.92 Å². The number of carboxylic acids is 1. The fourth-order valence-corrected chi connectivity index (χ4v) is 3.06. The number of anilines is 1. The Morgan fingerprint density at radius 1 is 1.44 bits per heavy atom. The highest BCUT2D eigenvalue weighted by atomic mass is 32.1. The van der Waals surface area contributed by atoms with E-state index in [2.05, 4.69) is 14.7 Å². The highest BCUT2D eigenvalue weighted by molar-refractivity contribution is 7.09. The van der Waals surface area contributed by atoms with Gasteiger partial charge in [-0.15, -0.1) is 0 Å². The lowest BCUT2D eigenvalue weighted by Crippen LogP contribution is -2.37. The zero-order chi connectivity index (χ0) is 13.1. The second-order valence-corrected chi connectivity index (χ2v) is 5.84. The smallest absolute Gasteiger partial charge is 0.308 e. The molecule has 1 saturated carbocycles. The summed E-state index contributed by atoms with van der Waals surface area (Å²) >= 11 is 1.32. The minimum absolute atomic E-state index is 0.00999. The summed E-state index contributed by atoms with van der Waals surface area (Å²) in [4.78, 5) is 15.6. The molecule has 1 heterocycles. The van der Waals surface area contributed by atoms with E-state index in [0.29, 0.717) is 5.92 Å². The summed E-state index contributed by atoms with van der Waals surface area (Å²) in [7, 11) is 0. The van der Waals surface area contributed by atoms with Gasteiger partial charge < -0.3 is 10.4 Å². The molecule has 1 aliphatic carbocycles. The SMILES string of the molecule is CC(C)c1nsc(NC2CCCCC2C(=O)O)n1. The van der Waals surface area contributed by atoms with E-state index in [1.165, 1.54) is 11.5 Å². The minimum Gasteiger partial charge on any atom is -0.481 e. The van der Waals surface area contributed by atoms with Crippen molar-refractivity contribution < 1.29 is 9.90 Å². The van der Waals surface area contributed by atoms with Gasteiger partial charge in [-0.2, -0.15) is 4.37 Å². The van der Waals surface area contributed by atoms with E-state index in [0.717, 1.165) is 36.6 Å². The van der Waals surface area contributed by atoms with Crippen molar-refractivity contribution in [3.63, 3.8) is 0 Å². The molecule has 100 valence electrons. The maximum atomic E-state index is 11.2. The van der Waals surface area contributed by atoms with E-state index < -0.39 is 5.97 Å². The predicted molar refractivity (Wildman–Crippen MR) is 71.0 cm³/mol. The van der Waals surface area contributed by atoms with Crippen LogP contribution in [0.25, 0.3) is 0 Å². The number of rotatable bonds is 4. The molecule has 18 heavy (non-hydrogen) atoms. The van der Waals surface area contributed by atoms with Gasteiger partial charge in [0.1, 0.15) is 5.82 Å². The van der Waals surface area contributed by atoms with Gasteiger partial charge in [-0.25, -0.2) is 4.98 Å². The Balaban J connectivity index is 2.03. The van der Waals surface area contributed by atoms with Gasteiger partial charge in [-0.3, -0.25) is 4.79 Å². The Morgan fingerprint density at radius 3 is 2.78 bits per heavy atom. The summed E-state index contributed by atoms with van der Waals surface area (Å²) in [5, 5.41) is 13.2. The molecule has 2 rings (SSSR count). The van der Waals surface area contributed by atoms with Gasteiger partial charge in [-0.1, -0.05) is 26.7 Å². The second-order valence-electron chi connectivity index (χ2n) is 5.09. The molecule has 0 bridgehead atoms. The maximum absolute atomic E-state index is 11.2. The summed E-state index contributed by atoms with van der Waals surface area (Å²) in [6, 6.07) is -0.00999. The highest BCUT2D eigenvalue weighted by Gasteiger charge is 2.31. The van der Waals surface area contributed by atoms with Crippen molar-refractivity contribution in [1.29, 1.82) is 0 Å². The number of hydrogen-bond donors (Lipinski definition) is 2. The first-order valence-electron chi connectivity index (χ1n) is 6.41. The van der Waals surface area contributed by atoms with Crippen LogP contribution in [-0.4, -0.2) is 26.5 Å². The maximum Gasteiger partial charge on any atom is 0.308 e. The number of hydrogen-bond acceptors (Lipinski definition) is 5. The lowest BCUT2D eigenvalue weighted by atomic mass is 9.85. The van der Waals surface area contributed by atoms with E-state index in [-0.39, 0.29) is 12.0 Å². The molecule has 1 aromatic rings. The fraction of sp³-hybridized carbons (Fsp3) is 0.750. The van der Waals surface area contributed by atoms with Crippen molar-refractivity contribution in [3.05, 3.63) is 5.82 Å². The van der Waals surface area contributed by atoms with Crippen LogP contribution in [0.5, 0.6) is 0 Å². The Bertz CT molecular complexity index is 419. The first kappa shape index (κ1) is 13.3. The van der Waals surface area contributed by atoms with Gasteiger partial charge >= 0.3 is 5.97 Å². The van der Waals surface area contributed by atoms with E-state index in [9.17, 15) is 9.90 Å². The normalized spacial score (nSPS) is 24.2. The molecule has 0 aromatic carbocycles. The molecule has 1 aliphatic rings. The lowest BCUT2D eigenvalue weighted by Gasteiger charge is -2.28. The monoisotopic (exact) mass is 269 g/mol. The van der Waals surface area contributed by atoms with Gasteiger partial charge in [0, 0.05) is 23.5 Å². The molecule has 0 spiro atoms. The zero-order valence-corrected chi connectivity index (χ0v) is 11.5. The van der Waals surface area contributed by atoms with E-state index in [1.54, 1.807) is 0 Å². The molecule has 5 nitrogen and oxygen atoms in total. The van der Waals surface area contributed by atoms with Crippen LogP contribution in [0.1, 0.15) is 51.3 Å². The summed E-state index contributed by atoms with van der Waals surface area (Å²) in [5.74, 6) is 0.120. The molecular formula is C12H19N3O2S. The Morgan fingerprint density at radius 2 is 2.17 bits per heavy atom. The summed E-state index contributed by atoms with van der Waals surface area (Å²) in [5.41, 5.74) is 0. The first-order valence-corrected chi connectivity index (χ1v) is 7.18. The van der Waals surface area contributed by atoms with Crippen LogP contribution in [0.3, 0.4) is 0 Å². The minimum atomic E-state index is -0.708. The highest BCUT2D eigenvalue weighted by Crippen LogP contribution is 2.28. The molecule has 0 aliphatic heterocycles. The Kier molecular flexibility index (Phi) is 4.16. The van der Waals surface area contributed by atoms with Gasteiger partial charge in [-0.05, 0) is 12.8 Å². The molecule has 1 fully saturated rings. The summed E-state index contributed by atoms with van der Waals surface area (Å²) < 4.78 is 4.27. The number of aliphatic carboxylic acids is 1. The quantitative estimate of drug-likeness (QED) is 0.879. The zero-order valence-electron chi connectivity index (χ0n) is 10.7. The van der Waals surface area contributed by atoms with Crippen molar-refractivity contribution in [2.45, 2.75) is 51.5 Å². The lowest BCUT2D eigenvalue weighted by molar-refractivity contribution is -0.143. The predicted octanol–water partition coefficient (Wildman–Crippen LogP) is 2.72. The fourth-order valence-electron chi connectivity index (χ4n) is 2.29. The third kappa shape index (κ3) is 2.98. The molecule has 1 aromatic heterocycles. The van der Waals surface area contributed by atoms with Crippen LogP contribution in [-0.2, 0) is 4.79 Å². The van der Waals surface area contributed by atoms with Gasteiger partial charge in [0.05, 0.1) is 5.92 Å². The Hall–Kier alpha value is -1.17. The summed E-state index contributed by atoms with van der Waals surface area (Å²) in [6.07, 6.45) is 3.73. The van der Waals surface area contributed by atoms with Crippen LogP contribution >= 0.6 is 11.5 Å². The molecule has 0 saturated heterocycles. The van der Waals surface area contributed by atoms with Crippen LogP contribution in [0.2, 0.25) is 0 Å². The standard InChI is InChI=1S/C12H19N3O2S/c1-7(2)10-14-12(18-15-10)13-9-6-4-3-5-8(9)11(16)17/h7-9H,3-6H2,1-2H3,(H,16,17)(H,13,14,15).